The van der Waals surface area contributed by atoms with E-state index in [1.807, 2.05) is 60.7 Å². The van der Waals surface area contributed by atoms with Crippen LogP contribution in [0.1, 0.15) is 20.7 Å². The summed E-state index contributed by atoms with van der Waals surface area (Å²) in [6.45, 7) is -0.880. The molecule has 0 aliphatic carbocycles. The molecule has 6 bridgehead atoms. The van der Waals surface area contributed by atoms with Crippen molar-refractivity contribution in [1.82, 2.24) is 9.97 Å². The summed E-state index contributed by atoms with van der Waals surface area (Å²) in [7, 11) is 0. The lowest BCUT2D eigenvalue weighted by Crippen LogP contribution is -2.22. The lowest BCUT2D eigenvalue weighted by Gasteiger charge is -2.21. The number of nitro benzene ring substituents is 1. The Kier molecular flexibility index (Phi) is 11.0. The number of non-ortho nitro benzene ring substituents is 1. The van der Waals surface area contributed by atoms with Gasteiger partial charge in [-0.2, -0.15) is 0 Å². The Morgan fingerprint density at radius 2 is 0.949 bits per heavy atom. The summed E-state index contributed by atoms with van der Waals surface area (Å²) in [6.07, 6.45) is 0. The minimum absolute atomic E-state index is 0.0178. The number of hydrogen-bond donors (Lipinski definition) is 4. The van der Waals surface area contributed by atoms with Crippen molar-refractivity contribution < 1.29 is 33.6 Å². The molecule has 0 saturated carbocycles. The monoisotopic (exact) mass is 1010 g/mol. The van der Waals surface area contributed by atoms with E-state index in [0.717, 1.165) is 33.7 Å². The van der Waals surface area contributed by atoms with Crippen molar-refractivity contribution in [3.05, 3.63) is 144 Å². The van der Waals surface area contributed by atoms with E-state index in [9.17, 15) is 29.3 Å². The largest absolute Gasteiger partial charge is 0.482 e. The number of amides is 4. The number of nitrogens with zero attached hydrogens (tertiary/aromatic N) is 3. The van der Waals surface area contributed by atoms with Crippen LogP contribution in [-0.2, 0) is 9.59 Å². The molecule has 4 N–H and O–H groups in total. The summed E-state index contributed by atoms with van der Waals surface area (Å²) in [5.74, 6) is -1.73. The van der Waals surface area contributed by atoms with Gasteiger partial charge in [-0.05, 0) is 109 Å². The first-order valence-electron chi connectivity index (χ1n) is 17.6. The third kappa shape index (κ3) is 8.46. The van der Waals surface area contributed by atoms with Gasteiger partial charge in [0.25, 0.3) is 29.3 Å². The molecule has 15 nitrogen and oxygen atoms in total. The zero-order valence-corrected chi connectivity index (χ0v) is 34.6. The number of nitrogens with one attached hydrogen (secondary N) is 4. The Hall–Kier alpha value is -6.74. The van der Waals surface area contributed by atoms with E-state index < -0.39 is 47.5 Å². The maximum atomic E-state index is 13.5. The Balaban J connectivity index is 1.24. The van der Waals surface area contributed by atoms with Crippen molar-refractivity contribution in [3.8, 4) is 22.6 Å². The van der Waals surface area contributed by atoms with Gasteiger partial charge in [0.1, 0.15) is 34.8 Å². The normalized spacial score (nSPS) is 13.5. The van der Waals surface area contributed by atoms with Crippen LogP contribution < -0.4 is 30.7 Å². The molecule has 3 heterocycles. The first-order valence-corrected chi connectivity index (χ1v) is 19.8. The van der Waals surface area contributed by atoms with Crippen LogP contribution in [0.2, 0.25) is 0 Å². The highest BCUT2D eigenvalue weighted by Gasteiger charge is 2.25. The van der Waals surface area contributed by atoms with Gasteiger partial charge in [-0.1, -0.05) is 60.7 Å². The van der Waals surface area contributed by atoms with Crippen molar-refractivity contribution >= 4 is 119 Å². The second kappa shape index (κ2) is 16.6. The minimum atomic E-state index is -0.807. The third-order valence-corrected chi connectivity index (χ3v) is 10.6. The van der Waals surface area contributed by atoms with E-state index in [0.29, 0.717) is 29.8 Å². The summed E-state index contributed by atoms with van der Waals surface area (Å²) < 4.78 is 14.2. The van der Waals surface area contributed by atoms with Crippen LogP contribution in [0.5, 0.6) is 11.5 Å². The zero-order chi connectivity index (χ0) is 41.2. The van der Waals surface area contributed by atoms with Gasteiger partial charge >= 0.3 is 0 Å². The Bertz CT molecular complexity index is 2720. The van der Waals surface area contributed by atoms with Gasteiger partial charge in [0, 0.05) is 34.4 Å². The average molecular weight is 1010 g/mol. The summed E-state index contributed by atoms with van der Waals surface area (Å²) in [5.41, 5.74) is 0.354. The summed E-state index contributed by atoms with van der Waals surface area (Å²) >= 11 is 4.34. The number of halogens is 2. The quantitative estimate of drug-likeness (QED) is 0.0702. The van der Waals surface area contributed by atoms with E-state index >= 15 is 0 Å². The van der Waals surface area contributed by atoms with E-state index in [2.05, 4.69) is 76.4 Å². The molecule has 5 aromatic carbocycles. The smallest absolute Gasteiger partial charge is 0.271 e. The molecular weight excluding hydrogens is 984 g/mol. The van der Waals surface area contributed by atoms with Gasteiger partial charge in [-0.3, -0.25) is 29.3 Å². The van der Waals surface area contributed by atoms with Crippen LogP contribution in [0.25, 0.3) is 32.7 Å². The summed E-state index contributed by atoms with van der Waals surface area (Å²) in [6, 6.07) is 31.7. The van der Waals surface area contributed by atoms with Crippen LogP contribution >= 0.6 is 45.2 Å². The molecule has 59 heavy (non-hydrogen) atoms. The second-order valence-corrected chi connectivity index (χ2v) is 15.3. The predicted octanol–water partition coefficient (Wildman–Crippen LogP) is 8.42. The fraction of sp³-hybridized carbons (Fsp3) is 0.0476. The van der Waals surface area contributed by atoms with Crippen molar-refractivity contribution in [2.24, 2.45) is 0 Å². The van der Waals surface area contributed by atoms with Crippen LogP contribution in [0, 0.1) is 17.3 Å². The zero-order valence-electron chi connectivity index (χ0n) is 30.2. The van der Waals surface area contributed by atoms with Gasteiger partial charge in [0.05, 0.1) is 12.1 Å². The average Bonchev–Trinajstić information content (AvgIpc) is 3.21. The fourth-order valence-corrected chi connectivity index (χ4v) is 8.03. The molecule has 0 unspecified atom stereocenters. The van der Waals surface area contributed by atoms with Crippen molar-refractivity contribution in [1.29, 1.82) is 0 Å². The second-order valence-electron chi connectivity index (χ2n) is 13.0. The van der Waals surface area contributed by atoms with E-state index in [4.69, 9.17) is 9.47 Å². The lowest BCUT2D eigenvalue weighted by molar-refractivity contribution is -0.384. The molecule has 1 aliphatic rings. The topological polar surface area (TPSA) is 204 Å². The number of nitro groups is 1. The van der Waals surface area contributed by atoms with Crippen LogP contribution in [0.3, 0.4) is 0 Å². The number of rotatable bonds is 1. The molecule has 8 rings (SSSR count). The van der Waals surface area contributed by atoms with Gasteiger partial charge in [-0.25, -0.2) is 9.97 Å². The number of carbonyl (C=O) groups is 4. The Labute approximate surface area is 361 Å². The van der Waals surface area contributed by atoms with Gasteiger partial charge in [-0.15, -0.1) is 0 Å². The first kappa shape index (κ1) is 39.1. The standard InChI is InChI=1S/C42H27I2N7O8/c43-29-18-22-7-1-3-9-27(22)37-38-28-10-4-2-8-23(28)19-30(44)40(38)59-21-36(53)48-32-12-6-14-34(46-32)50-42(55)25-15-24(16-26(17-25)51(56)57)41(54)49-33-13-5-11-31(45-33)47-35(52)20-58-39(29)37/h1-19H,20-21H2,(H2,45,47,49,52,54)(H2,46,48,50,53,55). The molecule has 17 heteroatoms. The van der Waals surface area contributed by atoms with E-state index in [-0.39, 0.29) is 34.4 Å². The number of benzene rings is 5. The number of anilines is 4. The highest BCUT2D eigenvalue weighted by atomic mass is 127. The molecule has 0 atom stereocenters. The number of pyridine rings is 2. The highest BCUT2D eigenvalue weighted by molar-refractivity contribution is 14.1. The Morgan fingerprint density at radius 3 is 1.37 bits per heavy atom. The molecule has 0 saturated heterocycles. The van der Waals surface area contributed by atoms with Crippen molar-refractivity contribution in [3.63, 3.8) is 0 Å². The fourth-order valence-electron chi connectivity index (χ4n) is 6.50. The van der Waals surface area contributed by atoms with Crippen LogP contribution in [-0.4, -0.2) is 51.7 Å². The number of ether oxygens (including phenoxy) is 2. The first-order chi connectivity index (χ1) is 28.5. The molecule has 1 aliphatic heterocycles. The summed E-state index contributed by atoms with van der Waals surface area (Å²) in [5, 5.41) is 25.8. The van der Waals surface area contributed by atoms with E-state index in [1.165, 1.54) is 30.3 Å². The van der Waals surface area contributed by atoms with Crippen molar-refractivity contribution in [2.75, 3.05) is 34.5 Å². The van der Waals surface area contributed by atoms with Crippen LogP contribution in [0.15, 0.2) is 115 Å². The highest BCUT2D eigenvalue weighted by Crippen LogP contribution is 2.49. The van der Waals surface area contributed by atoms with Crippen molar-refractivity contribution in [2.45, 2.75) is 0 Å². The predicted molar refractivity (Wildman–Crippen MR) is 238 cm³/mol. The van der Waals surface area contributed by atoms with Gasteiger partial charge in [0.15, 0.2) is 13.2 Å². The maximum absolute atomic E-state index is 13.5. The van der Waals surface area contributed by atoms with E-state index in [1.54, 1.807) is 12.1 Å². The number of aromatic nitrogens is 2. The minimum Gasteiger partial charge on any atom is -0.482 e. The lowest BCUT2D eigenvalue weighted by atomic mass is 9.92. The van der Waals surface area contributed by atoms with Crippen LogP contribution in [0.4, 0.5) is 29.0 Å². The van der Waals surface area contributed by atoms with Gasteiger partial charge < -0.3 is 30.7 Å². The SMILES string of the molecule is O=C1COc2c(I)cc3ccccc3c2-c2c(c(I)cc3ccccc23)OCC(=O)Nc2cccc(n2)NC(=O)c2cc(cc([N+](=O)[O-])c2)C(=O)Nc2cccc(n2)N1. The third-order valence-electron chi connectivity index (χ3n) is 9.03. The maximum Gasteiger partial charge on any atom is 0.271 e. The molecule has 4 amide bonds. The molecule has 7 aromatic rings. The molecule has 0 radical (unpaired) electrons. The summed E-state index contributed by atoms with van der Waals surface area (Å²) in [4.78, 5) is 73.5. The molecule has 2 aromatic heterocycles. The Morgan fingerprint density at radius 1 is 0.542 bits per heavy atom. The van der Waals surface area contributed by atoms with Gasteiger partial charge in [0.2, 0.25) is 0 Å². The molecular formula is C42H27I2N7O8. The number of fused-ring (bicyclic) bond motifs is 13. The molecule has 292 valence electrons. The number of hydrogen-bond acceptors (Lipinski definition) is 10. The molecule has 0 fully saturated rings. The molecule has 0 spiro atoms. The number of carbonyl (C=O) groups excluding carboxylic acids is 4.